The van der Waals surface area contributed by atoms with Crippen molar-refractivity contribution >= 4 is 23.7 Å². The van der Waals surface area contributed by atoms with Gasteiger partial charge in [-0.3, -0.25) is 9.59 Å². The summed E-state index contributed by atoms with van der Waals surface area (Å²) in [6.45, 7) is 2.11. The van der Waals surface area contributed by atoms with Crippen molar-refractivity contribution in [2.45, 2.75) is 75.7 Å². The van der Waals surface area contributed by atoms with E-state index < -0.39 is 24.1 Å². The van der Waals surface area contributed by atoms with Crippen LogP contribution in [0.4, 0.5) is 0 Å². The van der Waals surface area contributed by atoms with Crippen molar-refractivity contribution in [3.05, 3.63) is 48.6 Å². The molecule has 0 rings (SSSR count). The number of rotatable bonds is 18. The smallest absolute Gasteiger partial charge is 0.321 e. The molecule has 2 unspecified atom stereocenters. The number of thioether (sulfide) groups is 1. The van der Waals surface area contributed by atoms with Crippen molar-refractivity contribution in [1.29, 1.82) is 0 Å². The molecule has 30 heavy (non-hydrogen) atoms. The second kappa shape index (κ2) is 19.2. The second-order valence-electron chi connectivity index (χ2n) is 7.00. The van der Waals surface area contributed by atoms with Crippen LogP contribution in [0, 0.1) is 0 Å². The molecule has 0 saturated carbocycles. The number of hydrogen-bond acceptors (Lipinski definition) is 5. The third-order valence-electron chi connectivity index (χ3n) is 4.24. The van der Waals surface area contributed by atoms with Gasteiger partial charge in [0.1, 0.15) is 6.04 Å². The highest BCUT2D eigenvalue weighted by atomic mass is 32.2. The second-order valence-corrected chi connectivity index (χ2v) is 8.21. The Morgan fingerprint density at radius 2 is 1.73 bits per heavy atom. The number of aliphatic carboxylic acids is 2. The van der Waals surface area contributed by atoms with E-state index in [9.17, 15) is 14.7 Å². The lowest BCUT2D eigenvalue weighted by Crippen LogP contribution is -2.34. The largest absolute Gasteiger partial charge is 0.481 e. The van der Waals surface area contributed by atoms with Gasteiger partial charge in [-0.1, -0.05) is 74.8 Å². The van der Waals surface area contributed by atoms with Gasteiger partial charge in [-0.05, 0) is 25.7 Å². The first-order valence-electron chi connectivity index (χ1n) is 10.5. The molecule has 0 aliphatic heterocycles. The van der Waals surface area contributed by atoms with Crippen molar-refractivity contribution < 1.29 is 24.9 Å². The number of hydrogen-bond donors (Lipinski definition) is 4. The number of aliphatic hydroxyl groups is 1. The van der Waals surface area contributed by atoms with E-state index in [1.165, 1.54) is 11.8 Å². The minimum Gasteiger partial charge on any atom is -0.481 e. The third-order valence-corrected chi connectivity index (χ3v) is 5.65. The molecule has 0 bridgehead atoms. The zero-order valence-corrected chi connectivity index (χ0v) is 18.7. The van der Waals surface area contributed by atoms with Crippen LogP contribution in [0.25, 0.3) is 0 Å². The van der Waals surface area contributed by atoms with Crippen LogP contribution in [0.2, 0.25) is 0 Å². The van der Waals surface area contributed by atoms with Gasteiger partial charge in [0.2, 0.25) is 0 Å². The average molecular weight is 440 g/mol. The molecule has 0 aromatic rings. The van der Waals surface area contributed by atoms with E-state index in [0.717, 1.165) is 32.1 Å². The lowest BCUT2D eigenvalue weighted by Gasteiger charge is -2.20. The number of carboxylic acids is 2. The summed E-state index contributed by atoms with van der Waals surface area (Å²) in [7, 11) is 0. The summed E-state index contributed by atoms with van der Waals surface area (Å²) in [4.78, 5) is 21.3. The lowest BCUT2D eigenvalue weighted by atomic mass is 10.1. The van der Waals surface area contributed by atoms with E-state index in [4.69, 9.17) is 15.9 Å². The molecule has 0 amide bonds. The van der Waals surface area contributed by atoms with Gasteiger partial charge in [-0.2, -0.15) is 0 Å². The van der Waals surface area contributed by atoms with Crippen molar-refractivity contribution in [2.75, 3.05) is 5.75 Å². The summed E-state index contributed by atoms with van der Waals surface area (Å²) in [6, 6.07) is -0.940. The molecule has 7 heteroatoms. The topological polar surface area (TPSA) is 121 Å². The van der Waals surface area contributed by atoms with Crippen LogP contribution in [-0.4, -0.2) is 50.4 Å². The molecule has 0 radical (unpaired) electrons. The number of carbonyl (C=O) groups is 2. The van der Waals surface area contributed by atoms with Crippen LogP contribution < -0.4 is 5.73 Å². The lowest BCUT2D eigenvalue weighted by molar-refractivity contribution is -0.138. The molecule has 0 heterocycles. The fourth-order valence-corrected chi connectivity index (χ4v) is 3.60. The van der Waals surface area contributed by atoms with Gasteiger partial charge in [-0.15, -0.1) is 11.8 Å². The van der Waals surface area contributed by atoms with Gasteiger partial charge in [0.15, 0.2) is 0 Å². The molecular formula is C23H37NO5S. The van der Waals surface area contributed by atoms with Crippen LogP contribution >= 0.6 is 11.8 Å². The average Bonchev–Trinajstić information content (AvgIpc) is 2.70. The maximum absolute atomic E-state index is 10.9. The molecule has 0 aliphatic rings. The summed E-state index contributed by atoms with van der Waals surface area (Å²) >= 11 is 1.37. The number of aliphatic hydroxyl groups excluding tert-OH is 1. The Bertz CT molecular complexity index is 586. The Hall–Kier alpha value is -1.83. The summed E-state index contributed by atoms with van der Waals surface area (Å²) in [5, 5.41) is 27.7. The highest BCUT2D eigenvalue weighted by molar-refractivity contribution is 8.00. The van der Waals surface area contributed by atoms with Gasteiger partial charge in [0, 0.05) is 17.4 Å². The Labute approximate surface area is 184 Å². The van der Waals surface area contributed by atoms with Crippen LogP contribution in [0.5, 0.6) is 0 Å². The van der Waals surface area contributed by atoms with Crippen LogP contribution in [0.3, 0.4) is 0 Å². The molecule has 0 spiro atoms. The standard InChI is InChI=1S/C23H37NO5S/c1-2-3-12-15-20(25)21(30-18-19(24)23(28)29)16-13-10-8-6-4-5-7-9-11-14-17-22(26)27/h4,6-10,13,16,19-21,25H,2-3,5,11-12,14-15,17-18,24H2,1H3,(H,26,27)(H,28,29)/b6-4+,9-7-,10-8-,16-13+/t19?,20-,21?/m0/s1. The number of unbranched alkanes of at least 4 members (excludes halogenated alkanes) is 3. The molecule has 170 valence electrons. The molecule has 0 saturated heterocycles. The molecule has 5 N–H and O–H groups in total. The predicted molar refractivity (Wildman–Crippen MR) is 125 cm³/mol. The molecular weight excluding hydrogens is 402 g/mol. The first kappa shape index (κ1) is 28.2. The van der Waals surface area contributed by atoms with E-state index in [0.29, 0.717) is 12.8 Å². The maximum atomic E-state index is 10.9. The first-order chi connectivity index (χ1) is 14.4. The number of allylic oxidation sites excluding steroid dienone is 7. The Morgan fingerprint density at radius 3 is 2.40 bits per heavy atom. The van der Waals surface area contributed by atoms with E-state index in [2.05, 4.69) is 6.92 Å². The summed E-state index contributed by atoms with van der Waals surface area (Å²) in [5.74, 6) is -1.55. The normalized spacial score (nSPS) is 15.4. The summed E-state index contributed by atoms with van der Waals surface area (Å²) in [6.07, 6.45) is 21.1. The van der Waals surface area contributed by atoms with E-state index in [1.807, 2.05) is 48.6 Å². The van der Waals surface area contributed by atoms with E-state index in [1.54, 1.807) is 0 Å². The number of carboxylic acid groups (broad SMARTS) is 2. The van der Waals surface area contributed by atoms with E-state index in [-0.39, 0.29) is 17.4 Å². The zero-order valence-electron chi connectivity index (χ0n) is 17.9. The van der Waals surface area contributed by atoms with Gasteiger partial charge in [0.05, 0.1) is 6.10 Å². The van der Waals surface area contributed by atoms with Gasteiger partial charge in [0.25, 0.3) is 0 Å². The third kappa shape index (κ3) is 17.1. The summed E-state index contributed by atoms with van der Waals surface area (Å²) < 4.78 is 0. The molecule has 0 aromatic heterocycles. The molecule has 0 aromatic carbocycles. The highest BCUT2D eigenvalue weighted by Crippen LogP contribution is 2.21. The van der Waals surface area contributed by atoms with Gasteiger partial charge >= 0.3 is 11.9 Å². The minimum absolute atomic E-state index is 0.198. The Morgan fingerprint density at radius 1 is 1.00 bits per heavy atom. The minimum atomic E-state index is -1.04. The SMILES string of the molecule is CCCCC[C@H](O)C(/C=C/C=C\C=C\C/C=C\CCCC(=O)O)SCC(N)C(=O)O. The maximum Gasteiger partial charge on any atom is 0.321 e. The fourth-order valence-electron chi connectivity index (χ4n) is 2.47. The Kier molecular flexibility index (Phi) is 18.0. The predicted octanol–water partition coefficient (Wildman–Crippen LogP) is 4.31. The van der Waals surface area contributed by atoms with E-state index >= 15 is 0 Å². The monoisotopic (exact) mass is 439 g/mol. The van der Waals surface area contributed by atoms with Crippen LogP contribution in [0.1, 0.15) is 58.3 Å². The van der Waals surface area contributed by atoms with Crippen molar-refractivity contribution in [1.82, 2.24) is 0 Å². The number of nitrogens with two attached hydrogens (primary N) is 1. The molecule has 0 fully saturated rings. The summed E-state index contributed by atoms with van der Waals surface area (Å²) in [5.41, 5.74) is 5.58. The highest BCUT2D eigenvalue weighted by Gasteiger charge is 2.20. The molecule has 3 atom stereocenters. The first-order valence-corrected chi connectivity index (χ1v) is 11.6. The fraction of sp³-hybridized carbons (Fsp3) is 0.565. The van der Waals surface area contributed by atoms with Gasteiger partial charge < -0.3 is 21.1 Å². The van der Waals surface area contributed by atoms with Crippen molar-refractivity contribution in [3.8, 4) is 0 Å². The van der Waals surface area contributed by atoms with Crippen molar-refractivity contribution in [2.24, 2.45) is 5.73 Å². The van der Waals surface area contributed by atoms with Crippen molar-refractivity contribution in [3.63, 3.8) is 0 Å². The van der Waals surface area contributed by atoms with Crippen LogP contribution in [0.15, 0.2) is 48.6 Å². The van der Waals surface area contributed by atoms with Crippen LogP contribution in [-0.2, 0) is 9.59 Å². The molecule has 6 nitrogen and oxygen atoms in total. The quantitative estimate of drug-likeness (QED) is 0.143. The zero-order chi connectivity index (χ0) is 22.6. The molecule has 0 aliphatic carbocycles. The van der Waals surface area contributed by atoms with Gasteiger partial charge in [-0.25, -0.2) is 0 Å². The Balaban J connectivity index is 4.42.